The number of ether oxygens (including phenoxy) is 3. The number of halogens is 1. The minimum Gasteiger partial charge on any atom is -0.486 e. The first-order valence-electron chi connectivity index (χ1n) is 9.69. The molecule has 0 unspecified atom stereocenters. The van der Waals surface area contributed by atoms with Crippen molar-refractivity contribution in [1.29, 1.82) is 0 Å². The zero-order chi connectivity index (χ0) is 22.0. The van der Waals surface area contributed by atoms with E-state index >= 15 is 0 Å². The van der Waals surface area contributed by atoms with Crippen molar-refractivity contribution in [3.05, 3.63) is 39.5 Å². The smallest absolute Gasteiger partial charge is 0.309 e. The molecule has 1 aromatic heterocycles. The summed E-state index contributed by atoms with van der Waals surface area (Å²) in [6.45, 7) is 0.808. The number of hydrogen-bond acceptors (Lipinski definition) is 8. The Hall–Kier alpha value is -2.14. The van der Waals surface area contributed by atoms with Crippen LogP contribution in [0.15, 0.2) is 35.2 Å². The first-order chi connectivity index (χ1) is 14.8. The third-order valence-electron chi connectivity index (χ3n) is 5.13. The average molecular weight is 486 g/mol. The predicted molar refractivity (Wildman–Crippen MR) is 114 cm³/mol. The monoisotopic (exact) mass is 485 g/mol. The quantitative estimate of drug-likeness (QED) is 0.458. The Morgan fingerprint density at radius 1 is 1.10 bits per heavy atom. The molecule has 0 aliphatic carbocycles. The normalized spacial score (nSPS) is 17.3. The number of hydrogen-bond donors (Lipinski definition) is 0. The van der Waals surface area contributed by atoms with E-state index < -0.39 is 21.9 Å². The number of rotatable bonds is 6. The topological polar surface area (TPSA) is 99.2 Å². The van der Waals surface area contributed by atoms with Crippen molar-refractivity contribution < 1.29 is 32.2 Å². The summed E-state index contributed by atoms with van der Waals surface area (Å²) in [5.41, 5.74) is 0. The first-order valence-corrected chi connectivity index (χ1v) is 12.3. The predicted octanol–water partition coefficient (Wildman–Crippen LogP) is 3.00. The van der Waals surface area contributed by atoms with E-state index in [4.69, 9.17) is 25.8 Å². The second-order valence-electron chi connectivity index (χ2n) is 7.12. The molecule has 2 aromatic rings. The number of esters is 1. The van der Waals surface area contributed by atoms with Crippen molar-refractivity contribution in [3.8, 4) is 11.5 Å². The Morgan fingerprint density at radius 3 is 2.48 bits per heavy atom. The molecule has 0 N–H and O–H groups in total. The van der Waals surface area contributed by atoms with Gasteiger partial charge in [-0.25, -0.2) is 8.42 Å². The van der Waals surface area contributed by atoms with Crippen LogP contribution in [0.3, 0.4) is 0 Å². The summed E-state index contributed by atoms with van der Waals surface area (Å²) in [6, 6.07) is 7.74. The van der Waals surface area contributed by atoms with Gasteiger partial charge in [0.15, 0.2) is 18.1 Å². The summed E-state index contributed by atoms with van der Waals surface area (Å²) in [5.74, 6) is -0.337. The van der Waals surface area contributed by atoms with Crippen molar-refractivity contribution in [3.63, 3.8) is 0 Å². The SMILES string of the molecule is O=C(COC(=O)C1CCN(S(=O)(=O)c2ccc3c(c2)OCCO3)CC1)c1ccc(Cl)s1. The highest BCUT2D eigenvalue weighted by Crippen LogP contribution is 2.34. The molecule has 2 aliphatic heterocycles. The van der Waals surface area contributed by atoms with E-state index in [0.29, 0.717) is 46.8 Å². The molecular weight excluding hydrogens is 466 g/mol. The highest BCUT2D eigenvalue weighted by atomic mass is 35.5. The summed E-state index contributed by atoms with van der Waals surface area (Å²) in [6.07, 6.45) is 0.642. The van der Waals surface area contributed by atoms with E-state index in [2.05, 4.69) is 0 Å². The Labute approximate surface area is 188 Å². The number of benzene rings is 1. The number of carbonyl (C=O) groups is 2. The summed E-state index contributed by atoms with van der Waals surface area (Å²) < 4.78 is 43.9. The molecule has 0 bridgehead atoms. The molecule has 1 aromatic carbocycles. The largest absolute Gasteiger partial charge is 0.486 e. The molecule has 2 aliphatic rings. The van der Waals surface area contributed by atoms with Gasteiger partial charge in [0.2, 0.25) is 15.8 Å². The minimum atomic E-state index is -3.72. The fourth-order valence-electron chi connectivity index (χ4n) is 3.45. The Kier molecular flexibility index (Phi) is 6.52. The molecule has 4 rings (SSSR count). The van der Waals surface area contributed by atoms with Gasteiger partial charge in [0.1, 0.15) is 13.2 Å². The lowest BCUT2D eigenvalue weighted by atomic mass is 9.98. The molecule has 1 fully saturated rings. The molecule has 0 saturated carbocycles. The molecule has 11 heteroatoms. The van der Waals surface area contributed by atoms with Gasteiger partial charge in [0.25, 0.3) is 0 Å². The maximum atomic E-state index is 13.0. The van der Waals surface area contributed by atoms with Crippen LogP contribution in [0.25, 0.3) is 0 Å². The second-order valence-corrected chi connectivity index (χ2v) is 10.8. The standard InChI is InChI=1S/C20H20ClNO7S2/c21-19-4-3-18(30-19)15(23)12-29-20(24)13-5-7-22(8-6-13)31(25,26)14-1-2-16-17(11-14)28-10-9-27-16/h1-4,11,13H,5-10,12H2. The van der Waals surface area contributed by atoms with Gasteiger partial charge in [0, 0.05) is 19.2 Å². The van der Waals surface area contributed by atoms with Crippen molar-refractivity contribution >= 4 is 44.7 Å². The van der Waals surface area contributed by atoms with Crippen molar-refractivity contribution in [2.45, 2.75) is 17.7 Å². The maximum Gasteiger partial charge on any atom is 0.309 e. The van der Waals surface area contributed by atoms with Gasteiger partial charge in [-0.05, 0) is 37.1 Å². The van der Waals surface area contributed by atoms with Crippen LogP contribution in [0.4, 0.5) is 0 Å². The highest BCUT2D eigenvalue weighted by molar-refractivity contribution is 7.89. The molecule has 166 valence electrons. The van der Waals surface area contributed by atoms with Gasteiger partial charge < -0.3 is 14.2 Å². The zero-order valence-corrected chi connectivity index (χ0v) is 18.8. The second kappa shape index (κ2) is 9.15. The molecular formula is C20H20ClNO7S2. The lowest BCUT2D eigenvalue weighted by molar-refractivity contribution is -0.148. The van der Waals surface area contributed by atoms with Crippen LogP contribution in [0.2, 0.25) is 4.34 Å². The Morgan fingerprint density at radius 2 is 1.81 bits per heavy atom. The number of carbonyl (C=O) groups excluding carboxylic acids is 2. The van der Waals surface area contributed by atoms with Crippen LogP contribution in [0.5, 0.6) is 11.5 Å². The number of fused-ring (bicyclic) bond motifs is 1. The number of ketones is 1. The maximum absolute atomic E-state index is 13.0. The Bertz CT molecular complexity index is 1090. The Balaban J connectivity index is 1.32. The zero-order valence-electron chi connectivity index (χ0n) is 16.4. The summed E-state index contributed by atoms with van der Waals surface area (Å²) in [7, 11) is -3.72. The third-order valence-corrected chi connectivity index (χ3v) is 8.30. The van der Waals surface area contributed by atoms with Crippen LogP contribution in [-0.2, 0) is 19.6 Å². The molecule has 1 saturated heterocycles. The summed E-state index contributed by atoms with van der Waals surface area (Å²) in [5, 5.41) is 0. The third kappa shape index (κ3) is 4.87. The number of piperidine rings is 1. The number of sulfonamides is 1. The van der Waals surface area contributed by atoms with E-state index in [0.717, 1.165) is 11.3 Å². The van der Waals surface area contributed by atoms with Crippen LogP contribution in [0.1, 0.15) is 22.5 Å². The van der Waals surface area contributed by atoms with Crippen molar-refractivity contribution in [2.24, 2.45) is 5.92 Å². The summed E-state index contributed by atoms with van der Waals surface area (Å²) in [4.78, 5) is 24.9. The molecule has 0 radical (unpaired) electrons. The van der Waals surface area contributed by atoms with Gasteiger partial charge in [-0.15, -0.1) is 11.3 Å². The van der Waals surface area contributed by atoms with Crippen molar-refractivity contribution in [2.75, 3.05) is 32.9 Å². The number of Topliss-reactive ketones (excluding diaryl/α,β-unsaturated/α-hetero) is 1. The number of thiophene rings is 1. The lowest BCUT2D eigenvalue weighted by Gasteiger charge is -2.30. The average Bonchev–Trinajstić information content (AvgIpc) is 3.23. The van der Waals surface area contributed by atoms with Gasteiger partial charge in [-0.2, -0.15) is 4.31 Å². The highest BCUT2D eigenvalue weighted by Gasteiger charge is 2.33. The van der Waals surface area contributed by atoms with Crippen LogP contribution >= 0.6 is 22.9 Å². The van der Waals surface area contributed by atoms with E-state index in [1.807, 2.05) is 0 Å². The lowest BCUT2D eigenvalue weighted by Crippen LogP contribution is -2.40. The molecule has 0 atom stereocenters. The van der Waals surface area contributed by atoms with Gasteiger partial charge in [-0.3, -0.25) is 9.59 Å². The van der Waals surface area contributed by atoms with Gasteiger partial charge in [0.05, 0.1) is 20.0 Å². The molecule has 0 amide bonds. The van der Waals surface area contributed by atoms with Crippen LogP contribution < -0.4 is 9.47 Å². The minimum absolute atomic E-state index is 0.123. The molecule has 8 nitrogen and oxygen atoms in total. The van der Waals surface area contributed by atoms with Crippen LogP contribution in [0, 0.1) is 5.92 Å². The van der Waals surface area contributed by atoms with E-state index in [-0.39, 0.29) is 30.4 Å². The molecule has 0 spiro atoms. The summed E-state index contributed by atoms with van der Waals surface area (Å²) >= 11 is 6.94. The van der Waals surface area contributed by atoms with Crippen molar-refractivity contribution in [1.82, 2.24) is 4.31 Å². The van der Waals surface area contributed by atoms with E-state index in [1.165, 1.54) is 16.4 Å². The first kappa shape index (κ1) is 22.1. The van der Waals surface area contributed by atoms with Gasteiger partial charge >= 0.3 is 5.97 Å². The number of nitrogens with zero attached hydrogens (tertiary/aromatic N) is 1. The fourth-order valence-corrected chi connectivity index (χ4v) is 5.91. The van der Waals surface area contributed by atoms with E-state index in [1.54, 1.807) is 18.2 Å². The molecule has 3 heterocycles. The molecule has 31 heavy (non-hydrogen) atoms. The van der Waals surface area contributed by atoms with Gasteiger partial charge in [-0.1, -0.05) is 11.6 Å². The van der Waals surface area contributed by atoms with E-state index in [9.17, 15) is 18.0 Å². The fraction of sp³-hybridized carbons (Fsp3) is 0.400. The van der Waals surface area contributed by atoms with Crippen LogP contribution in [-0.4, -0.2) is 57.4 Å².